The maximum Gasteiger partial charge on any atom is 0.310 e. The number of para-hydroxylation sites is 1. The number of nitrogens with zero attached hydrogens (tertiary/aromatic N) is 1. The Morgan fingerprint density at radius 3 is 2.57 bits per heavy atom. The summed E-state index contributed by atoms with van der Waals surface area (Å²) in [5.74, 6) is -1.05. The number of Topliss-reactive ketones (excluding diaryl/α,β-unsaturated/α-hetero) is 1. The molecule has 0 aliphatic rings. The standard InChI is InChI=1S/C24H21FN2O3/c1-15-11-21(16(2)27(15)19-9-7-18(25)8-10-19)23(28)14-30-24(29)12-17-13-26-22-6-4-3-5-20(17)22/h3-11,13,26H,12,14H2,1-2H3. The minimum absolute atomic E-state index is 0.0892. The van der Waals surface area contributed by atoms with Crippen LogP contribution in [0.3, 0.4) is 0 Å². The lowest BCUT2D eigenvalue weighted by Gasteiger charge is -2.10. The molecule has 4 rings (SSSR count). The van der Waals surface area contributed by atoms with E-state index in [0.29, 0.717) is 5.56 Å². The van der Waals surface area contributed by atoms with Crippen LogP contribution in [0.1, 0.15) is 27.3 Å². The van der Waals surface area contributed by atoms with Gasteiger partial charge in [-0.25, -0.2) is 4.39 Å². The van der Waals surface area contributed by atoms with Crippen LogP contribution in [-0.2, 0) is 16.0 Å². The van der Waals surface area contributed by atoms with Gasteiger partial charge in [0.2, 0.25) is 5.78 Å². The van der Waals surface area contributed by atoms with Crippen molar-refractivity contribution in [3.8, 4) is 5.69 Å². The summed E-state index contributed by atoms with van der Waals surface area (Å²) >= 11 is 0. The summed E-state index contributed by atoms with van der Waals surface area (Å²) in [5, 5.41) is 0.962. The van der Waals surface area contributed by atoms with Crippen LogP contribution in [0.4, 0.5) is 4.39 Å². The maximum atomic E-state index is 13.2. The molecule has 2 heterocycles. The van der Waals surface area contributed by atoms with E-state index in [1.807, 2.05) is 42.7 Å². The first kappa shape index (κ1) is 19.6. The van der Waals surface area contributed by atoms with Crippen LogP contribution in [-0.4, -0.2) is 27.9 Å². The lowest BCUT2D eigenvalue weighted by molar-refractivity contribution is -0.141. The molecule has 5 nitrogen and oxygen atoms in total. The number of fused-ring (bicyclic) bond motifs is 1. The number of aryl methyl sites for hydroxylation is 1. The zero-order valence-corrected chi connectivity index (χ0v) is 16.7. The number of hydrogen-bond donors (Lipinski definition) is 1. The van der Waals surface area contributed by atoms with Crippen LogP contribution < -0.4 is 0 Å². The summed E-state index contributed by atoms with van der Waals surface area (Å²) in [7, 11) is 0. The molecule has 0 radical (unpaired) electrons. The Hall–Kier alpha value is -3.67. The Kier molecular flexibility index (Phi) is 5.23. The molecule has 30 heavy (non-hydrogen) atoms. The fourth-order valence-corrected chi connectivity index (χ4v) is 3.74. The van der Waals surface area contributed by atoms with Gasteiger partial charge in [-0.3, -0.25) is 9.59 Å². The van der Waals surface area contributed by atoms with Crippen molar-refractivity contribution in [3.05, 3.63) is 89.1 Å². The van der Waals surface area contributed by atoms with Crippen LogP contribution in [0.5, 0.6) is 0 Å². The molecule has 0 atom stereocenters. The topological polar surface area (TPSA) is 64.1 Å². The Balaban J connectivity index is 1.44. The fraction of sp³-hybridized carbons (Fsp3) is 0.167. The number of H-pyrrole nitrogens is 1. The van der Waals surface area contributed by atoms with Crippen LogP contribution >= 0.6 is 0 Å². The Morgan fingerprint density at radius 2 is 1.80 bits per heavy atom. The number of hydrogen-bond acceptors (Lipinski definition) is 3. The van der Waals surface area contributed by atoms with Gasteiger partial charge in [0.1, 0.15) is 5.82 Å². The van der Waals surface area contributed by atoms with E-state index >= 15 is 0 Å². The van der Waals surface area contributed by atoms with E-state index < -0.39 is 5.97 Å². The number of benzene rings is 2. The van der Waals surface area contributed by atoms with Crippen molar-refractivity contribution in [1.29, 1.82) is 0 Å². The quantitative estimate of drug-likeness (QED) is 0.375. The zero-order chi connectivity index (χ0) is 21.3. The van der Waals surface area contributed by atoms with E-state index in [1.165, 1.54) is 12.1 Å². The number of ether oxygens (including phenoxy) is 1. The summed E-state index contributed by atoms with van der Waals surface area (Å²) in [6.07, 6.45) is 1.87. The number of ketones is 1. The molecule has 0 spiro atoms. The third kappa shape index (κ3) is 3.76. The van der Waals surface area contributed by atoms with Gasteiger partial charge in [0.15, 0.2) is 6.61 Å². The number of esters is 1. The first-order valence-electron chi connectivity index (χ1n) is 9.62. The second-order valence-electron chi connectivity index (χ2n) is 7.22. The van der Waals surface area contributed by atoms with Crippen molar-refractivity contribution in [1.82, 2.24) is 9.55 Å². The molecule has 6 heteroatoms. The highest BCUT2D eigenvalue weighted by molar-refractivity contribution is 5.99. The molecule has 0 amide bonds. The predicted octanol–water partition coefficient (Wildman–Crippen LogP) is 4.68. The Bertz CT molecular complexity index is 1240. The predicted molar refractivity (Wildman–Crippen MR) is 112 cm³/mol. The van der Waals surface area contributed by atoms with Crippen molar-refractivity contribution < 1.29 is 18.7 Å². The molecule has 0 saturated carbocycles. The first-order chi connectivity index (χ1) is 14.4. The third-order valence-corrected chi connectivity index (χ3v) is 5.19. The molecule has 1 N–H and O–H groups in total. The minimum Gasteiger partial charge on any atom is -0.457 e. The van der Waals surface area contributed by atoms with Gasteiger partial charge in [0, 0.05) is 39.7 Å². The molecule has 0 saturated heterocycles. The molecular formula is C24H21FN2O3. The highest BCUT2D eigenvalue weighted by Crippen LogP contribution is 2.22. The number of rotatable bonds is 6. The van der Waals surface area contributed by atoms with Crippen LogP contribution in [0, 0.1) is 19.7 Å². The van der Waals surface area contributed by atoms with Crippen LogP contribution in [0.25, 0.3) is 16.6 Å². The summed E-state index contributed by atoms with van der Waals surface area (Å²) in [6, 6.07) is 15.5. The summed E-state index contributed by atoms with van der Waals surface area (Å²) < 4.78 is 20.3. The second-order valence-corrected chi connectivity index (χ2v) is 7.22. The number of aromatic amines is 1. The van der Waals surface area contributed by atoms with E-state index in [0.717, 1.165) is 33.5 Å². The largest absolute Gasteiger partial charge is 0.457 e. The molecule has 152 valence electrons. The highest BCUT2D eigenvalue weighted by atomic mass is 19.1. The molecule has 4 aromatic rings. The number of carbonyl (C=O) groups is 2. The molecular weight excluding hydrogens is 383 g/mol. The fourth-order valence-electron chi connectivity index (χ4n) is 3.74. The van der Waals surface area contributed by atoms with E-state index in [1.54, 1.807) is 24.4 Å². The lowest BCUT2D eigenvalue weighted by Crippen LogP contribution is -2.16. The SMILES string of the molecule is Cc1cc(C(=O)COC(=O)Cc2c[nH]c3ccccc23)c(C)n1-c1ccc(F)cc1. The molecule has 0 aliphatic heterocycles. The first-order valence-corrected chi connectivity index (χ1v) is 9.62. The van der Waals surface area contributed by atoms with Gasteiger partial charge in [-0.1, -0.05) is 18.2 Å². The van der Waals surface area contributed by atoms with Gasteiger partial charge in [-0.2, -0.15) is 0 Å². The summed E-state index contributed by atoms with van der Waals surface area (Å²) in [6.45, 7) is 3.36. The van der Waals surface area contributed by atoms with E-state index in [2.05, 4.69) is 4.98 Å². The summed E-state index contributed by atoms with van der Waals surface area (Å²) in [4.78, 5) is 28.1. The second kappa shape index (κ2) is 7.99. The molecule has 0 aliphatic carbocycles. The molecule has 0 bridgehead atoms. The number of carbonyl (C=O) groups excluding carboxylic acids is 2. The van der Waals surface area contributed by atoms with Crippen molar-refractivity contribution in [2.75, 3.05) is 6.61 Å². The van der Waals surface area contributed by atoms with Gasteiger partial charge < -0.3 is 14.3 Å². The molecule has 0 fully saturated rings. The highest BCUT2D eigenvalue weighted by Gasteiger charge is 2.19. The van der Waals surface area contributed by atoms with Crippen molar-refractivity contribution >= 4 is 22.7 Å². The van der Waals surface area contributed by atoms with E-state index in [-0.39, 0.29) is 24.6 Å². The zero-order valence-electron chi connectivity index (χ0n) is 16.7. The van der Waals surface area contributed by atoms with Gasteiger partial charge in [-0.05, 0) is 55.8 Å². The van der Waals surface area contributed by atoms with Gasteiger partial charge in [-0.15, -0.1) is 0 Å². The Labute approximate surface area is 173 Å². The monoisotopic (exact) mass is 404 g/mol. The normalized spacial score (nSPS) is 11.0. The minimum atomic E-state index is -0.458. The van der Waals surface area contributed by atoms with Crippen LogP contribution in [0.2, 0.25) is 0 Å². The van der Waals surface area contributed by atoms with Crippen molar-refractivity contribution in [2.24, 2.45) is 0 Å². The molecule has 2 aromatic carbocycles. The average molecular weight is 404 g/mol. The summed E-state index contributed by atoms with van der Waals surface area (Å²) in [5.41, 5.74) is 4.59. The third-order valence-electron chi connectivity index (χ3n) is 5.19. The van der Waals surface area contributed by atoms with Gasteiger partial charge in [0.25, 0.3) is 0 Å². The van der Waals surface area contributed by atoms with Crippen molar-refractivity contribution in [2.45, 2.75) is 20.3 Å². The molecule has 0 unspecified atom stereocenters. The van der Waals surface area contributed by atoms with Crippen molar-refractivity contribution in [3.63, 3.8) is 0 Å². The lowest BCUT2D eigenvalue weighted by atomic mass is 10.1. The molecule has 2 aromatic heterocycles. The smallest absolute Gasteiger partial charge is 0.310 e. The van der Waals surface area contributed by atoms with Gasteiger partial charge >= 0.3 is 5.97 Å². The maximum absolute atomic E-state index is 13.2. The number of nitrogens with one attached hydrogen (secondary N) is 1. The Morgan fingerprint density at radius 1 is 1.07 bits per heavy atom. The van der Waals surface area contributed by atoms with Gasteiger partial charge in [0.05, 0.1) is 6.42 Å². The van der Waals surface area contributed by atoms with E-state index in [4.69, 9.17) is 4.74 Å². The van der Waals surface area contributed by atoms with E-state index in [9.17, 15) is 14.0 Å². The average Bonchev–Trinajstić information content (AvgIpc) is 3.27. The van der Waals surface area contributed by atoms with Crippen LogP contribution in [0.15, 0.2) is 60.8 Å². The number of halogens is 1. The number of aromatic nitrogens is 2.